The second kappa shape index (κ2) is 6.19. The highest BCUT2D eigenvalue weighted by Crippen LogP contribution is 2.25. The Morgan fingerprint density at radius 2 is 1.95 bits per heavy atom. The van der Waals surface area contributed by atoms with Gasteiger partial charge in [-0.1, -0.05) is 6.07 Å². The zero-order chi connectivity index (χ0) is 15.4. The summed E-state index contributed by atoms with van der Waals surface area (Å²) in [5, 5.41) is 3.19. The Hall–Kier alpha value is -2.99. The summed E-state index contributed by atoms with van der Waals surface area (Å²) >= 11 is 0. The Bertz CT molecular complexity index is 773. The van der Waals surface area contributed by atoms with Crippen LogP contribution in [0.3, 0.4) is 0 Å². The van der Waals surface area contributed by atoms with Crippen LogP contribution in [0, 0.1) is 6.92 Å². The minimum Gasteiger partial charge on any atom is -0.322 e. The SMILES string of the molecule is Cc1ccc(NN)c(Nc2nccc(-c3cccnc3)n2)c1. The zero-order valence-corrected chi connectivity index (χ0v) is 12.1. The molecule has 0 unspecified atom stereocenters. The van der Waals surface area contributed by atoms with Gasteiger partial charge in [0.1, 0.15) is 0 Å². The maximum absolute atomic E-state index is 5.54. The second-order valence-corrected chi connectivity index (χ2v) is 4.83. The Balaban J connectivity index is 1.92. The molecule has 0 aliphatic heterocycles. The molecule has 0 bridgehead atoms. The first kappa shape index (κ1) is 14.0. The first-order valence-electron chi connectivity index (χ1n) is 6.84. The molecule has 3 aromatic rings. The van der Waals surface area contributed by atoms with Crippen molar-refractivity contribution in [1.29, 1.82) is 0 Å². The van der Waals surface area contributed by atoms with Crippen molar-refractivity contribution in [2.75, 3.05) is 10.7 Å². The van der Waals surface area contributed by atoms with Crippen molar-refractivity contribution in [3.8, 4) is 11.3 Å². The van der Waals surface area contributed by atoms with Crippen LogP contribution in [-0.4, -0.2) is 15.0 Å². The smallest absolute Gasteiger partial charge is 0.227 e. The summed E-state index contributed by atoms with van der Waals surface area (Å²) in [5.74, 6) is 6.04. The topological polar surface area (TPSA) is 88.8 Å². The highest BCUT2D eigenvalue weighted by molar-refractivity contribution is 5.73. The van der Waals surface area contributed by atoms with Crippen LogP contribution in [0.5, 0.6) is 0 Å². The zero-order valence-electron chi connectivity index (χ0n) is 12.1. The summed E-state index contributed by atoms with van der Waals surface area (Å²) in [5.41, 5.74) is 7.13. The van der Waals surface area contributed by atoms with Gasteiger partial charge in [-0.2, -0.15) is 0 Å². The molecule has 0 amide bonds. The van der Waals surface area contributed by atoms with Crippen molar-refractivity contribution in [2.24, 2.45) is 5.84 Å². The van der Waals surface area contributed by atoms with Crippen molar-refractivity contribution in [2.45, 2.75) is 6.92 Å². The summed E-state index contributed by atoms with van der Waals surface area (Å²) in [6, 6.07) is 11.5. The average molecular weight is 292 g/mol. The molecule has 0 radical (unpaired) electrons. The van der Waals surface area contributed by atoms with Crippen LogP contribution in [0.1, 0.15) is 5.56 Å². The maximum Gasteiger partial charge on any atom is 0.227 e. The molecule has 0 saturated heterocycles. The summed E-state index contributed by atoms with van der Waals surface area (Å²) in [6.07, 6.45) is 5.21. The summed E-state index contributed by atoms with van der Waals surface area (Å²) in [6.45, 7) is 2.01. The van der Waals surface area contributed by atoms with E-state index in [1.165, 1.54) is 0 Å². The van der Waals surface area contributed by atoms with Gasteiger partial charge < -0.3 is 10.7 Å². The van der Waals surface area contributed by atoms with Crippen LogP contribution >= 0.6 is 0 Å². The van der Waals surface area contributed by atoms with Gasteiger partial charge in [0.2, 0.25) is 5.95 Å². The van der Waals surface area contributed by atoms with Gasteiger partial charge in [-0.05, 0) is 42.8 Å². The van der Waals surface area contributed by atoms with Crippen molar-refractivity contribution < 1.29 is 0 Å². The highest BCUT2D eigenvalue weighted by atomic mass is 15.2. The lowest BCUT2D eigenvalue weighted by Gasteiger charge is -2.11. The molecule has 110 valence electrons. The fraction of sp³-hybridized carbons (Fsp3) is 0.0625. The minimum absolute atomic E-state index is 0.503. The first-order valence-corrected chi connectivity index (χ1v) is 6.84. The third-order valence-corrected chi connectivity index (χ3v) is 3.19. The van der Waals surface area contributed by atoms with E-state index in [0.29, 0.717) is 5.95 Å². The van der Waals surface area contributed by atoms with E-state index in [0.717, 1.165) is 28.2 Å². The number of nitrogens with zero attached hydrogens (tertiary/aromatic N) is 3. The number of nitrogen functional groups attached to an aromatic ring is 1. The fourth-order valence-corrected chi connectivity index (χ4v) is 2.10. The second-order valence-electron chi connectivity index (χ2n) is 4.83. The molecule has 0 spiro atoms. The van der Waals surface area contributed by atoms with Gasteiger partial charge in [-0.25, -0.2) is 9.97 Å². The quantitative estimate of drug-likeness (QED) is 0.506. The van der Waals surface area contributed by atoms with E-state index in [4.69, 9.17) is 5.84 Å². The fourth-order valence-electron chi connectivity index (χ4n) is 2.10. The largest absolute Gasteiger partial charge is 0.322 e. The van der Waals surface area contributed by atoms with Crippen LogP contribution < -0.4 is 16.6 Å². The van der Waals surface area contributed by atoms with Crippen LogP contribution in [0.4, 0.5) is 17.3 Å². The molecule has 2 aromatic heterocycles. The van der Waals surface area contributed by atoms with E-state index in [1.54, 1.807) is 18.6 Å². The van der Waals surface area contributed by atoms with Crippen molar-refractivity contribution in [1.82, 2.24) is 15.0 Å². The molecule has 0 saturated carbocycles. The molecule has 0 fully saturated rings. The van der Waals surface area contributed by atoms with E-state index >= 15 is 0 Å². The predicted octanol–water partition coefficient (Wildman–Crippen LogP) is 2.88. The van der Waals surface area contributed by atoms with Crippen LogP contribution in [0.2, 0.25) is 0 Å². The predicted molar refractivity (Wildman–Crippen MR) is 87.5 cm³/mol. The van der Waals surface area contributed by atoms with Gasteiger partial charge in [0, 0.05) is 24.2 Å². The monoisotopic (exact) mass is 292 g/mol. The number of hydrogen-bond donors (Lipinski definition) is 3. The summed E-state index contributed by atoms with van der Waals surface area (Å²) < 4.78 is 0. The van der Waals surface area contributed by atoms with Gasteiger partial charge >= 0.3 is 0 Å². The normalized spacial score (nSPS) is 10.3. The lowest BCUT2D eigenvalue weighted by molar-refractivity contribution is 1.16. The third-order valence-electron chi connectivity index (χ3n) is 3.19. The Morgan fingerprint density at radius 1 is 1.05 bits per heavy atom. The lowest BCUT2D eigenvalue weighted by atomic mass is 10.2. The van der Waals surface area contributed by atoms with Crippen LogP contribution in [0.25, 0.3) is 11.3 Å². The molecule has 6 nitrogen and oxygen atoms in total. The van der Waals surface area contributed by atoms with E-state index in [9.17, 15) is 0 Å². The van der Waals surface area contributed by atoms with Gasteiger partial charge in [-0.3, -0.25) is 10.8 Å². The maximum atomic E-state index is 5.54. The molecular formula is C16H16N6. The molecule has 0 atom stereocenters. The molecule has 6 heteroatoms. The van der Waals surface area contributed by atoms with E-state index < -0.39 is 0 Å². The number of rotatable bonds is 4. The molecule has 2 heterocycles. The van der Waals surface area contributed by atoms with Crippen molar-refractivity contribution in [3.05, 3.63) is 60.6 Å². The van der Waals surface area contributed by atoms with Crippen molar-refractivity contribution >= 4 is 17.3 Å². The lowest BCUT2D eigenvalue weighted by Crippen LogP contribution is -2.09. The number of hydrazine groups is 1. The minimum atomic E-state index is 0.503. The van der Waals surface area contributed by atoms with E-state index in [2.05, 4.69) is 25.7 Å². The third kappa shape index (κ3) is 3.02. The number of hydrogen-bond acceptors (Lipinski definition) is 6. The Morgan fingerprint density at radius 3 is 2.73 bits per heavy atom. The summed E-state index contributed by atoms with van der Waals surface area (Å²) in [7, 11) is 0. The number of aryl methyl sites for hydroxylation is 1. The number of benzene rings is 1. The average Bonchev–Trinajstić information content (AvgIpc) is 2.56. The Kier molecular flexibility index (Phi) is 3.93. The molecule has 0 aliphatic carbocycles. The number of anilines is 3. The number of aromatic nitrogens is 3. The number of nitrogens with two attached hydrogens (primary N) is 1. The molecular weight excluding hydrogens is 276 g/mol. The van der Waals surface area contributed by atoms with Crippen molar-refractivity contribution in [3.63, 3.8) is 0 Å². The number of pyridine rings is 1. The molecule has 22 heavy (non-hydrogen) atoms. The van der Waals surface area contributed by atoms with Crippen LogP contribution in [-0.2, 0) is 0 Å². The summed E-state index contributed by atoms with van der Waals surface area (Å²) in [4.78, 5) is 12.9. The molecule has 4 N–H and O–H groups in total. The van der Waals surface area contributed by atoms with E-state index in [-0.39, 0.29) is 0 Å². The molecule has 0 aliphatic rings. The van der Waals surface area contributed by atoms with Gasteiger partial charge in [0.05, 0.1) is 17.1 Å². The first-order chi connectivity index (χ1) is 10.8. The van der Waals surface area contributed by atoms with E-state index in [1.807, 2.05) is 43.3 Å². The standard InChI is InChI=1S/C16H16N6/c1-11-4-5-14(22-17)15(9-11)21-16-19-8-6-13(20-16)12-3-2-7-18-10-12/h2-10,22H,17H2,1H3,(H,19,20,21). The van der Waals surface area contributed by atoms with Gasteiger partial charge in [-0.15, -0.1) is 0 Å². The van der Waals surface area contributed by atoms with Gasteiger partial charge in [0.25, 0.3) is 0 Å². The molecule has 3 rings (SSSR count). The van der Waals surface area contributed by atoms with Crippen LogP contribution in [0.15, 0.2) is 55.0 Å². The highest BCUT2D eigenvalue weighted by Gasteiger charge is 2.06. The molecule has 1 aromatic carbocycles. The Labute approximate surface area is 128 Å². The van der Waals surface area contributed by atoms with Gasteiger partial charge in [0.15, 0.2) is 0 Å². The number of nitrogens with one attached hydrogen (secondary N) is 2.